The molecule has 2 heterocycles. The number of esters is 1. The van der Waals surface area contributed by atoms with Crippen molar-refractivity contribution in [1.29, 1.82) is 0 Å². The fraction of sp³-hybridized carbons (Fsp3) is 0.125. The van der Waals surface area contributed by atoms with Gasteiger partial charge in [-0.15, -0.1) is 0 Å². The average molecular weight is 291 g/mol. The molecule has 3 aromatic rings. The Hall–Kier alpha value is -2.76. The Morgan fingerprint density at radius 1 is 1.27 bits per heavy atom. The van der Waals surface area contributed by atoms with E-state index in [1.165, 1.54) is 0 Å². The molecular weight excluding hydrogens is 277 g/mol. The first-order chi connectivity index (χ1) is 10.7. The van der Waals surface area contributed by atoms with Gasteiger partial charge in [0.25, 0.3) is 0 Å². The number of carbonyl (C=O) groups is 1. The van der Waals surface area contributed by atoms with Crippen molar-refractivity contribution in [1.82, 2.24) is 14.4 Å². The van der Waals surface area contributed by atoms with Crippen LogP contribution in [0.2, 0.25) is 0 Å². The van der Waals surface area contributed by atoms with Gasteiger partial charge in [-0.25, -0.2) is 0 Å². The van der Waals surface area contributed by atoms with Crippen molar-refractivity contribution in [2.45, 2.75) is 6.92 Å². The van der Waals surface area contributed by atoms with Gasteiger partial charge in [-0.2, -0.15) is 0 Å². The van der Waals surface area contributed by atoms with E-state index in [0.717, 1.165) is 22.5 Å². The zero-order valence-corrected chi connectivity index (χ0v) is 12.2. The molecule has 6 heteroatoms. The summed E-state index contributed by atoms with van der Waals surface area (Å²) in [5, 5.41) is 0. The summed E-state index contributed by atoms with van der Waals surface area (Å²) in [6, 6.07) is 7.18. The number of rotatable bonds is 4. The maximum absolute atomic E-state index is 11.7. The van der Waals surface area contributed by atoms with E-state index in [2.05, 4.69) is 16.4 Å². The van der Waals surface area contributed by atoms with Crippen molar-refractivity contribution >= 4 is 30.6 Å². The second-order valence-corrected chi connectivity index (χ2v) is 4.69. The van der Waals surface area contributed by atoms with E-state index >= 15 is 0 Å². The van der Waals surface area contributed by atoms with E-state index in [1.807, 2.05) is 22.7 Å². The van der Waals surface area contributed by atoms with E-state index in [0.29, 0.717) is 12.2 Å². The Bertz CT molecular complexity index is 840. The van der Waals surface area contributed by atoms with Gasteiger partial charge < -0.3 is 0 Å². The van der Waals surface area contributed by atoms with Crippen molar-refractivity contribution in [3.63, 3.8) is 0 Å². The van der Waals surface area contributed by atoms with E-state index in [-0.39, 0.29) is 5.97 Å². The number of nitrogens with zero attached hydrogens (tertiary/aromatic N) is 3. The van der Waals surface area contributed by atoms with E-state index < -0.39 is 0 Å². The van der Waals surface area contributed by atoms with Gasteiger partial charge in [0.15, 0.2) is 0 Å². The summed E-state index contributed by atoms with van der Waals surface area (Å²) in [4.78, 5) is 20.3. The Balaban J connectivity index is 1.96. The minimum absolute atomic E-state index is 0.319. The number of fused-ring (bicyclic) bond motifs is 1. The van der Waals surface area contributed by atoms with Gasteiger partial charge in [0.1, 0.15) is 0 Å². The third-order valence-electron chi connectivity index (χ3n) is 3.33. The first kappa shape index (κ1) is 14.2. The van der Waals surface area contributed by atoms with Crippen LogP contribution in [-0.4, -0.2) is 40.3 Å². The van der Waals surface area contributed by atoms with Gasteiger partial charge in [0, 0.05) is 0 Å². The number of ether oxygens (including phenoxy) is 1. The number of aromatic nitrogens is 3. The Morgan fingerprint density at radius 2 is 2.05 bits per heavy atom. The molecule has 0 bridgehead atoms. The molecule has 2 aromatic heterocycles. The van der Waals surface area contributed by atoms with Crippen LogP contribution in [-0.2, 0) is 4.74 Å². The fourth-order valence-electron chi connectivity index (χ4n) is 2.20. The Morgan fingerprint density at radius 3 is 2.73 bits per heavy atom. The molecular formula is C16H14BN3O2. The SMILES string of the molecule is C=Bc1cnc2cnc(-c3ccc(C(=O)OCC)cc3)cn12. The van der Waals surface area contributed by atoms with E-state index in [9.17, 15) is 4.79 Å². The van der Waals surface area contributed by atoms with Gasteiger partial charge >= 0.3 is 128 Å². The van der Waals surface area contributed by atoms with Crippen LogP contribution in [0, 0.1) is 0 Å². The van der Waals surface area contributed by atoms with Gasteiger partial charge in [-0.05, 0) is 0 Å². The molecule has 0 amide bonds. The number of imidazole rings is 1. The third kappa shape index (κ3) is 2.55. The molecule has 0 fully saturated rings. The predicted octanol–water partition coefficient (Wildman–Crippen LogP) is 1.33. The van der Waals surface area contributed by atoms with Crippen molar-refractivity contribution in [3.05, 3.63) is 48.4 Å². The molecule has 3 rings (SSSR count). The van der Waals surface area contributed by atoms with Crippen LogP contribution in [0.4, 0.5) is 0 Å². The molecule has 5 nitrogen and oxygen atoms in total. The topological polar surface area (TPSA) is 56.5 Å². The van der Waals surface area contributed by atoms with Gasteiger partial charge in [-0.1, -0.05) is 0 Å². The van der Waals surface area contributed by atoms with Crippen LogP contribution >= 0.6 is 0 Å². The first-order valence-electron chi connectivity index (χ1n) is 6.96. The standard InChI is InChI=1S/C16H14BN3O2/c1-3-22-16(21)12-6-4-11(5-7-12)13-10-20-14(17-2)8-19-15(20)9-18-13/h4-10H,2-3H2,1H3. The molecule has 0 aliphatic heterocycles. The number of hydrogen-bond acceptors (Lipinski definition) is 4. The first-order valence-corrected chi connectivity index (χ1v) is 6.96. The van der Waals surface area contributed by atoms with Crippen LogP contribution in [0.5, 0.6) is 0 Å². The number of carbonyl (C=O) groups excluding carboxylic acids is 1. The quantitative estimate of drug-likeness (QED) is 0.537. The zero-order chi connectivity index (χ0) is 15.5. The van der Waals surface area contributed by atoms with Gasteiger partial charge in [-0.3, -0.25) is 0 Å². The average Bonchev–Trinajstić information content (AvgIpc) is 2.97. The normalized spacial score (nSPS) is 10.4. The Kier molecular flexibility index (Phi) is 3.83. The van der Waals surface area contributed by atoms with Crippen LogP contribution in [0.25, 0.3) is 16.9 Å². The summed E-state index contributed by atoms with van der Waals surface area (Å²) in [5.41, 5.74) is 3.91. The third-order valence-corrected chi connectivity index (χ3v) is 3.33. The number of hydrogen-bond donors (Lipinski definition) is 0. The molecule has 0 radical (unpaired) electrons. The molecule has 0 spiro atoms. The van der Waals surface area contributed by atoms with Crippen LogP contribution in [0.3, 0.4) is 0 Å². The molecule has 0 aliphatic rings. The minimum atomic E-state index is -0.319. The molecule has 108 valence electrons. The zero-order valence-electron chi connectivity index (χ0n) is 12.2. The number of benzene rings is 1. The summed E-state index contributed by atoms with van der Waals surface area (Å²) >= 11 is 0. The summed E-state index contributed by atoms with van der Waals surface area (Å²) in [6.07, 6.45) is 5.36. The summed E-state index contributed by atoms with van der Waals surface area (Å²) in [6.45, 7) is 7.67. The molecule has 0 saturated carbocycles. The summed E-state index contributed by atoms with van der Waals surface area (Å²) < 4.78 is 6.90. The molecule has 0 unspecified atom stereocenters. The summed E-state index contributed by atoms with van der Waals surface area (Å²) in [5.74, 6) is -0.319. The van der Waals surface area contributed by atoms with E-state index in [4.69, 9.17) is 4.74 Å². The molecule has 0 saturated heterocycles. The van der Waals surface area contributed by atoms with Crippen LogP contribution < -0.4 is 5.59 Å². The van der Waals surface area contributed by atoms with Crippen molar-refractivity contribution < 1.29 is 9.53 Å². The second kappa shape index (κ2) is 5.93. The molecule has 0 N–H and O–H groups in total. The predicted molar refractivity (Wildman–Crippen MR) is 86.9 cm³/mol. The van der Waals surface area contributed by atoms with Gasteiger partial charge in [0.2, 0.25) is 0 Å². The maximum atomic E-state index is 11.7. The molecule has 0 aliphatic carbocycles. The molecule has 22 heavy (non-hydrogen) atoms. The second-order valence-electron chi connectivity index (χ2n) is 4.69. The van der Waals surface area contributed by atoms with Crippen LogP contribution in [0.1, 0.15) is 17.3 Å². The van der Waals surface area contributed by atoms with Gasteiger partial charge in [0.05, 0.1) is 0 Å². The van der Waals surface area contributed by atoms with Crippen LogP contribution in [0.15, 0.2) is 42.9 Å². The van der Waals surface area contributed by atoms with Crippen molar-refractivity contribution in [2.75, 3.05) is 6.61 Å². The van der Waals surface area contributed by atoms with E-state index in [1.54, 1.807) is 38.4 Å². The van der Waals surface area contributed by atoms with Crippen molar-refractivity contribution in [2.24, 2.45) is 0 Å². The summed E-state index contributed by atoms with van der Waals surface area (Å²) in [7, 11) is 0. The molecule has 0 atom stereocenters. The monoisotopic (exact) mass is 291 g/mol. The fourth-order valence-corrected chi connectivity index (χ4v) is 2.20. The van der Waals surface area contributed by atoms with Crippen molar-refractivity contribution in [3.8, 4) is 11.3 Å². The molecule has 1 aromatic carbocycles. The Labute approximate surface area is 128 Å².